The van der Waals surface area contributed by atoms with Crippen molar-refractivity contribution >= 4 is 0 Å². The summed E-state index contributed by atoms with van der Waals surface area (Å²) in [4.78, 5) is 0. The van der Waals surface area contributed by atoms with Crippen molar-refractivity contribution in [2.45, 2.75) is 45.7 Å². The Morgan fingerprint density at radius 2 is 2.28 bits per heavy atom. The average Bonchev–Trinajstić information content (AvgIpc) is 2.75. The summed E-state index contributed by atoms with van der Waals surface area (Å²) in [5.41, 5.74) is 0.385. The Hall–Kier alpha value is -1.01. The van der Waals surface area contributed by atoms with Crippen LogP contribution in [0.5, 0.6) is 0 Å². The van der Waals surface area contributed by atoms with Gasteiger partial charge in [0.15, 0.2) is 5.82 Å². The van der Waals surface area contributed by atoms with Gasteiger partial charge in [0.05, 0.1) is 19.2 Å². The van der Waals surface area contributed by atoms with Gasteiger partial charge in [-0.15, -0.1) is 5.10 Å². The van der Waals surface area contributed by atoms with Crippen molar-refractivity contribution in [2.75, 3.05) is 20.3 Å². The van der Waals surface area contributed by atoms with Gasteiger partial charge in [-0.2, -0.15) is 0 Å². The Morgan fingerprint density at radius 3 is 2.89 bits per heavy atom. The number of aromatic nitrogens is 4. The van der Waals surface area contributed by atoms with Crippen LogP contribution in [0.3, 0.4) is 0 Å². The van der Waals surface area contributed by atoms with E-state index in [0.717, 1.165) is 18.9 Å². The molecule has 18 heavy (non-hydrogen) atoms. The second-order valence-corrected chi connectivity index (χ2v) is 5.53. The molecule has 2 rings (SSSR count). The average molecular weight is 253 g/mol. The Kier molecular flexibility index (Phi) is 4.29. The van der Waals surface area contributed by atoms with E-state index in [1.54, 1.807) is 7.11 Å². The first-order chi connectivity index (χ1) is 8.64. The molecule has 0 bridgehead atoms. The highest BCUT2D eigenvalue weighted by molar-refractivity contribution is 4.93. The predicted octanol–water partition coefficient (Wildman–Crippen LogP) is 1.16. The van der Waals surface area contributed by atoms with Crippen molar-refractivity contribution in [3.63, 3.8) is 0 Å². The van der Waals surface area contributed by atoms with Crippen molar-refractivity contribution in [3.8, 4) is 0 Å². The van der Waals surface area contributed by atoms with Gasteiger partial charge in [-0.05, 0) is 35.6 Å². The Bertz CT molecular complexity index is 374. The van der Waals surface area contributed by atoms with Crippen LogP contribution in [0.15, 0.2) is 0 Å². The maximum absolute atomic E-state index is 5.03. The minimum Gasteiger partial charge on any atom is -0.383 e. The van der Waals surface area contributed by atoms with Gasteiger partial charge in [-0.1, -0.05) is 13.3 Å². The predicted molar refractivity (Wildman–Crippen MR) is 68.1 cm³/mol. The van der Waals surface area contributed by atoms with E-state index in [1.807, 2.05) is 4.68 Å². The molecule has 1 heterocycles. The first-order valence-corrected chi connectivity index (χ1v) is 6.63. The van der Waals surface area contributed by atoms with E-state index in [1.165, 1.54) is 19.3 Å². The molecule has 0 saturated heterocycles. The third kappa shape index (κ3) is 3.05. The monoisotopic (exact) mass is 253 g/mol. The third-order valence-corrected chi connectivity index (χ3v) is 3.80. The molecule has 0 aromatic carbocycles. The van der Waals surface area contributed by atoms with Crippen LogP contribution in [0.1, 0.15) is 45.0 Å². The quantitative estimate of drug-likeness (QED) is 0.739. The summed E-state index contributed by atoms with van der Waals surface area (Å²) in [6.45, 7) is 6.82. The maximum atomic E-state index is 5.03. The molecular weight excluding hydrogens is 230 g/mol. The lowest BCUT2D eigenvalue weighted by atomic mass is 9.70. The van der Waals surface area contributed by atoms with E-state index >= 15 is 0 Å². The van der Waals surface area contributed by atoms with Gasteiger partial charge in [0, 0.05) is 13.7 Å². The second kappa shape index (κ2) is 5.75. The van der Waals surface area contributed by atoms with E-state index in [9.17, 15) is 0 Å². The Labute approximate surface area is 108 Å². The number of tetrazole rings is 1. The van der Waals surface area contributed by atoms with Crippen LogP contribution in [0.2, 0.25) is 0 Å². The fourth-order valence-corrected chi connectivity index (χ4v) is 2.40. The number of nitrogens with zero attached hydrogens (tertiary/aromatic N) is 4. The summed E-state index contributed by atoms with van der Waals surface area (Å²) in [5, 5.41) is 15.4. The molecule has 1 aliphatic carbocycles. The molecule has 1 atom stereocenters. The fraction of sp³-hybridized carbons (Fsp3) is 0.917. The van der Waals surface area contributed by atoms with Gasteiger partial charge in [0.25, 0.3) is 0 Å². The third-order valence-electron chi connectivity index (χ3n) is 3.80. The number of nitrogens with one attached hydrogen (secondary N) is 1. The van der Waals surface area contributed by atoms with Crippen LogP contribution in [-0.4, -0.2) is 40.5 Å². The molecule has 0 aliphatic heterocycles. The van der Waals surface area contributed by atoms with Crippen LogP contribution < -0.4 is 5.32 Å². The molecule has 1 N–H and O–H groups in total. The zero-order valence-corrected chi connectivity index (χ0v) is 11.5. The molecule has 0 amide bonds. The van der Waals surface area contributed by atoms with Crippen LogP contribution in [-0.2, 0) is 11.3 Å². The van der Waals surface area contributed by atoms with Crippen LogP contribution in [0.25, 0.3) is 0 Å². The maximum Gasteiger partial charge on any atom is 0.167 e. The smallest absolute Gasteiger partial charge is 0.167 e. The highest BCUT2D eigenvalue weighted by Crippen LogP contribution is 2.41. The van der Waals surface area contributed by atoms with Gasteiger partial charge < -0.3 is 10.1 Å². The van der Waals surface area contributed by atoms with Crippen molar-refractivity contribution in [3.05, 3.63) is 5.82 Å². The molecule has 1 unspecified atom stereocenters. The van der Waals surface area contributed by atoms with E-state index in [4.69, 9.17) is 4.74 Å². The SMILES string of the molecule is COCCNC(C)c1nnnn1CC1(C)CCC1. The van der Waals surface area contributed by atoms with Gasteiger partial charge in [-0.25, -0.2) is 4.68 Å². The van der Waals surface area contributed by atoms with Crippen molar-refractivity contribution in [1.29, 1.82) is 0 Å². The van der Waals surface area contributed by atoms with E-state index in [0.29, 0.717) is 12.0 Å². The highest BCUT2D eigenvalue weighted by atomic mass is 16.5. The first-order valence-electron chi connectivity index (χ1n) is 6.63. The number of rotatable bonds is 7. The molecular formula is C12H23N5O. The van der Waals surface area contributed by atoms with Gasteiger partial charge >= 0.3 is 0 Å². The highest BCUT2D eigenvalue weighted by Gasteiger charge is 2.33. The molecule has 1 aromatic heterocycles. The standard InChI is InChI=1S/C12H23N5O/c1-10(13-7-8-18-3)11-14-15-16-17(11)9-12(2)5-4-6-12/h10,13H,4-9H2,1-3H3. The molecule has 6 heteroatoms. The zero-order valence-electron chi connectivity index (χ0n) is 11.5. The molecule has 1 aliphatic rings. The number of hydrogen-bond donors (Lipinski definition) is 1. The van der Waals surface area contributed by atoms with Crippen LogP contribution >= 0.6 is 0 Å². The molecule has 1 fully saturated rings. The molecule has 102 valence electrons. The summed E-state index contributed by atoms with van der Waals surface area (Å²) in [5.74, 6) is 0.916. The van der Waals surface area contributed by atoms with Crippen LogP contribution in [0, 0.1) is 5.41 Å². The normalized spacial score (nSPS) is 19.5. The summed E-state index contributed by atoms with van der Waals surface area (Å²) in [7, 11) is 1.70. The summed E-state index contributed by atoms with van der Waals surface area (Å²) < 4.78 is 6.97. The molecule has 0 spiro atoms. The summed E-state index contributed by atoms with van der Waals surface area (Å²) in [6, 6.07) is 0.152. The number of methoxy groups -OCH3 is 1. The van der Waals surface area contributed by atoms with E-state index in [2.05, 4.69) is 34.7 Å². The molecule has 1 aromatic rings. The van der Waals surface area contributed by atoms with E-state index < -0.39 is 0 Å². The molecule has 0 radical (unpaired) electrons. The van der Waals surface area contributed by atoms with Crippen molar-refractivity contribution in [2.24, 2.45) is 5.41 Å². The lowest BCUT2D eigenvalue weighted by Crippen LogP contribution is -2.33. The van der Waals surface area contributed by atoms with Crippen LogP contribution in [0.4, 0.5) is 0 Å². The minimum atomic E-state index is 0.152. The molecule has 1 saturated carbocycles. The fourth-order valence-electron chi connectivity index (χ4n) is 2.40. The molecule has 6 nitrogen and oxygen atoms in total. The van der Waals surface area contributed by atoms with Gasteiger partial charge in [0.1, 0.15) is 0 Å². The van der Waals surface area contributed by atoms with Crippen molar-refractivity contribution in [1.82, 2.24) is 25.5 Å². The second-order valence-electron chi connectivity index (χ2n) is 5.53. The Morgan fingerprint density at radius 1 is 1.50 bits per heavy atom. The summed E-state index contributed by atoms with van der Waals surface area (Å²) >= 11 is 0. The topological polar surface area (TPSA) is 64.9 Å². The van der Waals surface area contributed by atoms with E-state index in [-0.39, 0.29) is 6.04 Å². The van der Waals surface area contributed by atoms with Gasteiger partial charge in [0.2, 0.25) is 0 Å². The number of hydrogen-bond acceptors (Lipinski definition) is 5. The minimum absolute atomic E-state index is 0.152. The Balaban J connectivity index is 1.93. The summed E-state index contributed by atoms with van der Waals surface area (Å²) in [6.07, 6.45) is 3.88. The first kappa shape index (κ1) is 13.4. The lowest BCUT2D eigenvalue weighted by molar-refractivity contribution is 0.122. The zero-order chi connectivity index (χ0) is 13.0. The largest absolute Gasteiger partial charge is 0.383 e. The van der Waals surface area contributed by atoms with Crippen molar-refractivity contribution < 1.29 is 4.74 Å². The van der Waals surface area contributed by atoms with Gasteiger partial charge in [-0.3, -0.25) is 0 Å². The lowest BCUT2D eigenvalue weighted by Gasteiger charge is -2.38. The number of ether oxygens (including phenoxy) is 1.